The standard InChI is InChI=1S/C43H60O10Si2/c1-39(2,3)55(11,12)53-32-22-23-42(26-50-42)34-37(51-38(46)28-16-14-13-15-17-28)43(47)35(44)31(52-54(8,9)10)24-30(40(43,4)5)33(36(45)41(32,34)6)49-25-27-18-20-29(48-7)21-19-27/h13-21,24,30,32-34,37,47H,22-23,25-26H2,1-12H3/t30-,32+,33-,34+,37+,41-,42-,43-/m1/s1. The summed E-state index contributed by atoms with van der Waals surface area (Å²) in [4.78, 5) is 45.6. The molecule has 2 aromatic rings. The summed E-state index contributed by atoms with van der Waals surface area (Å²) in [6.07, 6.45) is -0.678. The summed E-state index contributed by atoms with van der Waals surface area (Å²) in [5.74, 6) is -2.87. The third-order valence-electron chi connectivity index (χ3n) is 13.3. The number of hydrogen-bond acceptors (Lipinski definition) is 10. The number of carbonyl (C=O) groups excluding carboxylic acids is 3. The molecule has 3 aliphatic carbocycles. The normalized spacial score (nSPS) is 33.2. The van der Waals surface area contributed by atoms with Gasteiger partial charge < -0.3 is 32.9 Å². The van der Waals surface area contributed by atoms with Crippen LogP contribution in [0.25, 0.3) is 0 Å². The van der Waals surface area contributed by atoms with E-state index in [0.717, 1.165) is 5.56 Å². The number of methoxy groups -OCH3 is 1. The monoisotopic (exact) mass is 792 g/mol. The first-order valence-electron chi connectivity index (χ1n) is 19.5. The van der Waals surface area contributed by atoms with Gasteiger partial charge in [-0.2, -0.15) is 0 Å². The minimum absolute atomic E-state index is 0.0446. The van der Waals surface area contributed by atoms with Crippen molar-refractivity contribution in [2.24, 2.45) is 22.7 Å². The molecule has 2 bridgehead atoms. The van der Waals surface area contributed by atoms with E-state index >= 15 is 9.59 Å². The van der Waals surface area contributed by atoms with E-state index in [9.17, 15) is 9.90 Å². The van der Waals surface area contributed by atoms with Crippen LogP contribution in [0.15, 0.2) is 66.4 Å². The van der Waals surface area contributed by atoms with Gasteiger partial charge in [-0.05, 0) is 93.4 Å². The average Bonchev–Trinajstić information content (AvgIpc) is 3.88. The Labute approximate surface area is 328 Å². The number of Topliss-reactive ketones (excluding diaryl/α,β-unsaturated/α-hetero) is 2. The largest absolute Gasteiger partial charge is 0.542 e. The maximum Gasteiger partial charge on any atom is 0.338 e. The molecule has 0 radical (unpaired) electrons. The van der Waals surface area contributed by atoms with Crippen LogP contribution in [0.2, 0.25) is 37.8 Å². The van der Waals surface area contributed by atoms with Crippen LogP contribution in [0.1, 0.15) is 70.3 Å². The second-order valence-corrected chi connectivity index (χ2v) is 28.4. The molecule has 1 saturated heterocycles. The molecule has 4 aliphatic rings. The predicted octanol–water partition coefficient (Wildman–Crippen LogP) is 7.66. The Morgan fingerprint density at radius 2 is 1.58 bits per heavy atom. The van der Waals surface area contributed by atoms with Crippen LogP contribution in [0.5, 0.6) is 5.75 Å². The molecule has 3 fully saturated rings. The Morgan fingerprint density at radius 3 is 2.13 bits per heavy atom. The summed E-state index contributed by atoms with van der Waals surface area (Å²) < 4.78 is 38.8. The fraction of sp³-hybridized carbons (Fsp3) is 0.605. The Balaban J connectivity index is 1.61. The van der Waals surface area contributed by atoms with Gasteiger partial charge in [-0.25, -0.2) is 4.79 Å². The molecule has 300 valence electrons. The molecular weight excluding hydrogens is 733 g/mol. The summed E-state index contributed by atoms with van der Waals surface area (Å²) in [7, 11) is -3.42. The van der Waals surface area contributed by atoms with Crippen LogP contribution < -0.4 is 4.74 Å². The first kappa shape index (κ1) is 41.5. The zero-order chi connectivity index (χ0) is 40.6. The quantitative estimate of drug-likeness (QED) is 0.146. The van der Waals surface area contributed by atoms with E-state index in [2.05, 4.69) is 33.9 Å². The molecule has 10 nitrogen and oxygen atoms in total. The van der Waals surface area contributed by atoms with E-state index in [0.29, 0.717) is 18.6 Å². The van der Waals surface area contributed by atoms with E-state index < -0.39 is 80.6 Å². The SMILES string of the molecule is COc1ccc(CO[C@H]2C(=O)[C@]3(C)[C@@H](O[Si](C)(C)C(C)(C)C)CC[C@@]4(CO4)[C@H]3[C@H](OC(=O)c3ccccc3)[C@]3(O)C(=O)C(O[Si](C)(C)C)=C[C@H]2C3(C)C)cc1. The average molecular weight is 793 g/mol. The van der Waals surface area contributed by atoms with E-state index in [1.807, 2.05) is 50.8 Å². The number of esters is 1. The number of hydrogen-bond donors (Lipinski definition) is 1. The van der Waals surface area contributed by atoms with E-state index in [-0.39, 0.29) is 35.4 Å². The third-order valence-corrected chi connectivity index (χ3v) is 18.6. The van der Waals surface area contributed by atoms with Gasteiger partial charge in [0.05, 0.1) is 43.0 Å². The van der Waals surface area contributed by atoms with Crippen molar-refractivity contribution in [1.82, 2.24) is 0 Å². The van der Waals surface area contributed by atoms with Gasteiger partial charge >= 0.3 is 5.97 Å². The number of aliphatic hydroxyl groups is 1. The van der Waals surface area contributed by atoms with E-state index in [4.69, 9.17) is 27.8 Å². The lowest BCUT2D eigenvalue weighted by Crippen LogP contribution is -2.76. The molecule has 6 rings (SSSR count). The smallest absolute Gasteiger partial charge is 0.338 e. The highest BCUT2D eigenvalue weighted by molar-refractivity contribution is 6.74. The van der Waals surface area contributed by atoms with Crippen LogP contribution in [0, 0.1) is 22.7 Å². The van der Waals surface area contributed by atoms with Gasteiger partial charge in [0.2, 0.25) is 14.1 Å². The van der Waals surface area contributed by atoms with Gasteiger partial charge in [-0.3, -0.25) is 9.59 Å². The fourth-order valence-electron chi connectivity index (χ4n) is 8.87. The van der Waals surface area contributed by atoms with Gasteiger partial charge in [-0.1, -0.05) is 65.0 Å². The summed E-state index contributed by atoms with van der Waals surface area (Å²) in [5.41, 5.74) is -5.14. The summed E-state index contributed by atoms with van der Waals surface area (Å²) >= 11 is 0. The minimum atomic E-state index is -2.55. The molecular formula is C43H60O10Si2. The van der Waals surface area contributed by atoms with Crippen LogP contribution >= 0.6 is 0 Å². The Bertz CT molecular complexity index is 1820. The van der Waals surface area contributed by atoms with Crippen molar-refractivity contribution in [1.29, 1.82) is 0 Å². The second-order valence-electron chi connectivity index (χ2n) is 19.2. The number of ketones is 2. The lowest BCUT2D eigenvalue weighted by Gasteiger charge is -2.62. The molecule has 0 unspecified atom stereocenters. The summed E-state index contributed by atoms with van der Waals surface area (Å²) in [6.45, 7) is 22.3. The second kappa shape index (κ2) is 14.1. The molecule has 0 amide bonds. The first-order chi connectivity index (χ1) is 25.4. The van der Waals surface area contributed by atoms with E-state index in [1.54, 1.807) is 57.4 Å². The van der Waals surface area contributed by atoms with Gasteiger partial charge in [-0.15, -0.1) is 0 Å². The minimum Gasteiger partial charge on any atom is -0.542 e. The lowest BCUT2D eigenvalue weighted by atomic mass is 9.46. The molecule has 0 aromatic heterocycles. The summed E-state index contributed by atoms with van der Waals surface area (Å²) in [6, 6.07) is 15.9. The molecule has 1 aliphatic heterocycles. The lowest BCUT2D eigenvalue weighted by molar-refractivity contribution is -0.239. The van der Waals surface area contributed by atoms with Crippen molar-refractivity contribution in [2.45, 2.75) is 128 Å². The molecule has 1 N–H and O–H groups in total. The van der Waals surface area contributed by atoms with Gasteiger partial charge in [0.1, 0.15) is 23.7 Å². The summed E-state index contributed by atoms with van der Waals surface area (Å²) in [5, 5.41) is 13.4. The van der Waals surface area contributed by atoms with Crippen molar-refractivity contribution in [3.63, 3.8) is 0 Å². The highest BCUT2D eigenvalue weighted by Gasteiger charge is 2.78. The molecule has 2 saturated carbocycles. The van der Waals surface area contributed by atoms with Crippen molar-refractivity contribution in [2.75, 3.05) is 13.7 Å². The Kier molecular flexibility index (Phi) is 10.6. The fourth-order valence-corrected chi connectivity index (χ4v) is 11.1. The number of rotatable bonds is 10. The molecule has 1 heterocycles. The molecule has 55 heavy (non-hydrogen) atoms. The maximum absolute atomic E-state index is 16.1. The zero-order valence-electron chi connectivity index (χ0n) is 34.6. The number of ether oxygens (including phenoxy) is 4. The maximum atomic E-state index is 16.1. The Morgan fingerprint density at radius 1 is 0.964 bits per heavy atom. The molecule has 1 spiro atoms. The van der Waals surface area contributed by atoms with Gasteiger partial charge in [0, 0.05) is 17.3 Å². The zero-order valence-corrected chi connectivity index (χ0v) is 36.6. The van der Waals surface area contributed by atoms with Gasteiger partial charge in [0.15, 0.2) is 19.7 Å². The number of epoxide rings is 1. The van der Waals surface area contributed by atoms with Crippen molar-refractivity contribution < 1.29 is 47.3 Å². The number of benzene rings is 2. The van der Waals surface area contributed by atoms with Crippen molar-refractivity contribution >= 4 is 34.2 Å². The first-order valence-corrected chi connectivity index (χ1v) is 25.8. The van der Waals surface area contributed by atoms with Crippen LogP contribution in [-0.2, 0) is 39.3 Å². The molecule has 8 atom stereocenters. The third kappa shape index (κ3) is 7.09. The Hall–Kier alpha value is -3.14. The van der Waals surface area contributed by atoms with Gasteiger partial charge in [0.25, 0.3) is 0 Å². The topological polar surface area (TPSA) is 130 Å². The highest BCUT2D eigenvalue weighted by atomic mass is 28.4. The van der Waals surface area contributed by atoms with E-state index in [1.165, 1.54) is 0 Å². The van der Waals surface area contributed by atoms with Crippen LogP contribution in [-0.4, -0.2) is 82.5 Å². The van der Waals surface area contributed by atoms with Crippen molar-refractivity contribution in [3.05, 3.63) is 77.6 Å². The molecule has 12 heteroatoms. The highest BCUT2D eigenvalue weighted by Crippen LogP contribution is 2.65. The molecule has 2 aromatic carbocycles. The van der Waals surface area contributed by atoms with Crippen molar-refractivity contribution in [3.8, 4) is 5.75 Å². The number of fused-ring (bicyclic) bond motifs is 4. The number of carbonyl (C=O) groups is 3. The predicted molar refractivity (Wildman–Crippen MR) is 214 cm³/mol. The van der Waals surface area contributed by atoms with Crippen LogP contribution in [0.3, 0.4) is 0 Å². The van der Waals surface area contributed by atoms with Crippen LogP contribution in [0.4, 0.5) is 0 Å².